The number of carbonyl (C=O) groups is 2. The van der Waals surface area contributed by atoms with Crippen molar-refractivity contribution in [1.29, 1.82) is 0 Å². The predicted molar refractivity (Wildman–Crippen MR) is 188 cm³/mol. The third kappa shape index (κ3) is 9.49. The molecular weight excluding hydrogens is 730 g/mol. The number of aromatic amines is 1. The number of unbranched alkanes of at least 4 members (excludes halogenated alkanes) is 2. The van der Waals surface area contributed by atoms with Gasteiger partial charge in [-0.25, -0.2) is 14.6 Å². The summed E-state index contributed by atoms with van der Waals surface area (Å²) in [4.78, 5) is 45.3. The summed E-state index contributed by atoms with van der Waals surface area (Å²) >= 11 is 6.54. The van der Waals surface area contributed by atoms with Gasteiger partial charge < -0.3 is 37.8 Å². The molecule has 0 amide bonds. The first-order chi connectivity index (χ1) is 26.2. The lowest BCUT2D eigenvalue weighted by Crippen LogP contribution is -2.36. The number of hydrogen-bond acceptors (Lipinski definition) is 15. The molecule has 54 heavy (non-hydrogen) atoms. The third-order valence-corrected chi connectivity index (χ3v) is 9.15. The zero-order valence-electron chi connectivity index (χ0n) is 29.6. The van der Waals surface area contributed by atoms with Gasteiger partial charge in [-0.15, -0.1) is 20.3 Å². The summed E-state index contributed by atoms with van der Waals surface area (Å²) < 4.78 is 35.3. The van der Waals surface area contributed by atoms with Crippen LogP contribution in [0.4, 0.5) is 4.79 Å². The van der Waals surface area contributed by atoms with E-state index < -0.39 is 47.9 Å². The maximum absolute atomic E-state index is 13.5. The molecular formula is C35H40ClN7O11. The van der Waals surface area contributed by atoms with Crippen LogP contribution in [0.5, 0.6) is 0 Å². The zero-order chi connectivity index (χ0) is 38.0. The molecule has 0 aliphatic carbocycles. The molecule has 2 saturated heterocycles. The lowest BCUT2D eigenvalue weighted by atomic mass is 9.98. The van der Waals surface area contributed by atoms with E-state index in [9.17, 15) is 19.7 Å². The fraction of sp³-hybridized carbons (Fsp3) is 0.486. The van der Waals surface area contributed by atoms with E-state index in [1.165, 1.54) is 6.92 Å². The monoisotopic (exact) mass is 769 g/mol. The number of carbonyl (C=O) groups excluding carboxylic acids is 2. The molecule has 2 aromatic carbocycles. The van der Waals surface area contributed by atoms with Crippen molar-refractivity contribution in [2.75, 3.05) is 26.4 Å². The van der Waals surface area contributed by atoms with Gasteiger partial charge in [0, 0.05) is 32.1 Å². The van der Waals surface area contributed by atoms with Gasteiger partial charge in [-0.1, -0.05) is 73.5 Å². The number of nitrogens with zero attached hydrogens (tertiary/aromatic N) is 6. The normalized spacial score (nSPS) is 19.6. The van der Waals surface area contributed by atoms with Crippen LogP contribution in [0.15, 0.2) is 48.5 Å². The summed E-state index contributed by atoms with van der Waals surface area (Å²) in [6.45, 7) is 4.30. The van der Waals surface area contributed by atoms with Crippen LogP contribution >= 0.6 is 11.6 Å². The van der Waals surface area contributed by atoms with Crippen LogP contribution in [0, 0.1) is 10.1 Å². The summed E-state index contributed by atoms with van der Waals surface area (Å²) in [6.07, 6.45) is -1.33. The Balaban J connectivity index is 1.04. The Hall–Kier alpha value is -5.17. The number of ether oxygens (including phenoxy) is 6. The molecule has 0 radical (unpaired) electrons. The number of halogens is 1. The maximum atomic E-state index is 13.5. The Morgan fingerprint density at radius 1 is 1.02 bits per heavy atom. The van der Waals surface area contributed by atoms with E-state index in [2.05, 4.69) is 37.4 Å². The predicted octanol–water partition coefficient (Wildman–Crippen LogP) is 4.97. The molecule has 2 aromatic heterocycles. The van der Waals surface area contributed by atoms with E-state index in [1.54, 1.807) is 4.57 Å². The first-order valence-electron chi connectivity index (χ1n) is 17.6. The number of tetrazole rings is 1. The Bertz CT molecular complexity index is 1880. The van der Waals surface area contributed by atoms with Crippen LogP contribution in [-0.2, 0) is 46.2 Å². The summed E-state index contributed by atoms with van der Waals surface area (Å²) in [5, 5.41) is 23.8. The average Bonchev–Trinajstić information content (AvgIpc) is 3.96. The second-order valence-electron chi connectivity index (χ2n) is 12.6. The molecule has 2 aliphatic heterocycles. The molecule has 18 nitrogen and oxygen atoms in total. The number of H-pyrrole nitrogens is 1. The highest BCUT2D eigenvalue weighted by Crippen LogP contribution is 2.32. The van der Waals surface area contributed by atoms with Crippen molar-refractivity contribution in [3.63, 3.8) is 0 Å². The Morgan fingerprint density at radius 3 is 2.46 bits per heavy atom. The molecule has 0 saturated carbocycles. The van der Waals surface area contributed by atoms with Crippen LogP contribution in [0.25, 0.3) is 22.5 Å². The lowest BCUT2D eigenvalue weighted by Gasteiger charge is -2.19. The summed E-state index contributed by atoms with van der Waals surface area (Å²) in [7, 11) is 0. The summed E-state index contributed by atoms with van der Waals surface area (Å²) in [5.41, 5.74) is 3.60. The number of benzene rings is 2. The van der Waals surface area contributed by atoms with E-state index in [4.69, 9.17) is 40.0 Å². The number of aryl methyl sites for hydroxylation is 1. The van der Waals surface area contributed by atoms with Crippen LogP contribution < -0.4 is 0 Å². The van der Waals surface area contributed by atoms with E-state index in [1.807, 2.05) is 48.5 Å². The molecule has 1 N–H and O–H groups in total. The number of imidazole rings is 1. The molecule has 0 bridgehead atoms. The van der Waals surface area contributed by atoms with Crippen molar-refractivity contribution < 1.29 is 47.9 Å². The quantitative estimate of drug-likeness (QED) is 0.0465. The molecule has 19 heteroatoms. The van der Waals surface area contributed by atoms with Crippen molar-refractivity contribution >= 4 is 23.7 Å². The minimum absolute atomic E-state index is 0.0150. The second kappa shape index (κ2) is 18.2. The highest BCUT2D eigenvalue weighted by molar-refractivity contribution is 6.32. The highest BCUT2D eigenvalue weighted by Gasteiger charge is 2.50. The fourth-order valence-electron chi connectivity index (χ4n) is 6.30. The van der Waals surface area contributed by atoms with E-state index >= 15 is 0 Å². The van der Waals surface area contributed by atoms with Crippen molar-refractivity contribution in [2.24, 2.45) is 0 Å². The largest absolute Gasteiger partial charge is 0.511 e. The van der Waals surface area contributed by atoms with E-state index in [0.717, 1.165) is 35.1 Å². The Kier molecular flexibility index (Phi) is 13.0. The van der Waals surface area contributed by atoms with Crippen LogP contribution in [-0.4, -0.2) is 105 Å². The van der Waals surface area contributed by atoms with Gasteiger partial charge in [0.05, 0.1) is 19.8 Å². The minimum atomic E-state index is -1.33. The smallest absolute Gasteiger partial charge is 0.426 e. The molecule has 6 rings (SSSR count). The number of nitrogens with one attached hydrogen (secondary N) is 1. The molecule has 0 spiro atoms. The molecule has 2 aliphatic rings. The molecule has 5 atom stereocenters. The van der Waals surface area contributed by atoms with Gasteiger partial charge in [0.2, 0.25) is 12.1 Å². The Labute approximate surface area is 314 Å². The van der Waals surface area contributed by atoms with Gasteiger partial charge >= 0.3 is 12.1 Å². The van der Waals surface area contributed by atoms with Gasteiger partial charge in [-0.2, -0.15) is 5.21 Å². The lowest BCUT2D eigenvalue weighted by molar-refractivity contribution is -0.757. The SMILES string of the molecule is CCCCc1nc(Cl)c(C(=O)OC(C)OC(=O)O[C@@H]2COC3C2OC[C@H]3OCCCCO[N+](=O)[O-])n1Cc1ccc(-c2ccccc2-c2nn[nH]n2)cc1. The number of rotatable bonds is 18. The van der Waals surface area contributed by atoms with E-state index in [-0.39, 0.29) is 37.2 Å². The van der Waals surface area contributed by atoms with Crippen LogP contribution in [0.1, 0.15) is 61.4 Å². The number of fused-ring (bicyclic) bond motifs is 1. The third-order valence-electron chi connectivity index (χ3n) is 8.88. The highest BCUT2D eigenvalue weighted by atomic mass is 35.5. The summed E-state index contributed by atoms with van der Waals surface area (Å²) in [6, 6.07) is 15.6. The van der Waals surface area contributed by atoms with Crippen LogP contribution in [0.3, 0.4) is 0 Å². The van der Waals surface area contributed by atoms with Gasteiger partial charge in [0.1, 0.15) is 24.1 Å². The standard InChI is InChI=1S/C35H40ClN7O11/c1-3-4-11-28-37-32(36)29(42(28)18-22-12-14-23(15-13-22)24-9-5-6-10-25(24)33-38-40-41-39-33)34(44)52-21(2)53-35(45)54-27-20-50-30-26(19-49-31(27)30)48-16-7-8-17-51-43(46)47/h5-6,9-10,12-15,21,26-27,30-31H,3-4,7-8,11,16-20H2,1-2H3,(H,38,39,40,41)/t21?,26-,27-,30?,31?/m1/s1. The van der Waals surface area contributed by atoms with Gasteiger partial charge in [-0.05, 0) is 41.2 Å². The van der Waals surface area contributed by atoms with Crippen molar-refractivity contribution in [3.05, 3.63) is 80.9 Å². The maximum Gasteiger partial charge on any atom is 0.511 e. The number of hydrogen-bond donors (Lipinski definition) is 1. The number of aromatic nitrogens is 6. The molecule has 288 valence electrons. The molecule has 4 aromatic rings. The topological polar surface area (TPSA) is 214 Å². The number of esters is 1. The second-order valence-corrected chi connectivity index (χ2v) is 13.0. The summed E-state index contributed by atoms with van der Waals surface area (Å²) in [5.74, 6) is 0.275. The van der Waals surface area contributed by atoms with E-state index in [0.29, 0.717) is 37.5 Å². The van der Waals surface area contributed by atoms with Gasteiger partial charge in [-0.3, -0.25) is 0 Å². The Morgan fingerprint density at radius 2 is 1.74 bits per heavy atom. The van der Waals surface area contributed by atoms with Gasteiger partial charge in [0.25, 0.3) is 5.09 Å². The van der Waals surface area contributed by atoms with Crippen LogP contribution in [0.2, 0.25) is 5.15 Å². The van der Waals surface area contributed by atoms with Crippen molar-refractivity contribution in [2.45, 2.75) is 83.2 Å². The molecule has 3 unspecified atom stereocenters. The van der Waals surface area contributed by atoms with Crippen molar-refractivity contribution in [1.82, 2.24) is 30.2 Å². The first kappa shape index (κ1) is 38.6. The minimum Gasteiger partial charge on any atom is -0.426 e. The first-order valence-corrected chi connectivity index (χ1v) is 18.0. The average molecular weight is 770 g/mol. The van der Waals surface area contributed by atoms with Gasteiger partial charge in [0.15, 0.2) is 17.0 Å². The zero-order valence-corrected chi connectivity index (χ0v) is 30.4. The fourth-order valence-corrected chi connectivity index (χ4v) is 6.58. The molecule has 4 heterocycles. The van der Waals surface area contributed by atoms with Crippen molar-refractivity contribution in [3.8, 4) is 22.5 Å². The molecule has 2 fully saturated rings.